The van der Waals surface area contributed by atoms with Crippen molar-refractivity contribution in [3.8, 4) is 5.95 Å². The summed E-state index contributed by atoms with van der Waals surface area (Å²) in [6.45, 7) is 2.89. The zero-order valence-electron chi connectivity index (χ0n) is 11.1. The first-order valence-corrected chi connectivity index (χ1v) is 6.21. The van der Waals surface area contributed by atoms with Gasteiger partial charge in [0.15, 0.2) is 0 Å². The van der Waals surface area contributed by atoms with Gasteiger partial charge < -0.3 is 16.4 Å². The van der Waals surface area contributed by atoms with E-state index in [4.69, 9.17) is 5.73 Å². The predicted octanol–water partition coefficient (Wildman–Crippen LogP) is -0.422. The third-order valence-electron chi connectivity index (χ3n) is 2.36. The SMILES string of the molecule is CCNC(=O)CCNc1nc(N)nc(-n2cccn2)n1. The highest BCUT2D eigenvalue weighted by Crippen LogP contribution is 2.06. The Hall–Kier alpha value is -2.71. The molecule has 9 heteroatoms. The molecule has 2 aromatic rings. The Morgan fingerprint density at radius 2 is 2.25 bits per heavy atom. The number of amides is 1. The first kappa shape index (κ1) is 13.7. The van der Waals surface area contributed by atoms with Crippen LogP contribution in [0.4, 0.5) is 11.9 Å². The Balaban J connectivity index is 2.00. The fourth-order valence-electron chi connectivity index (χ4n) is 1.52. The van der Waals surface area contributed by atoms with Crippen LogP contribution < -0.4 is 16.4 Å². The maximum atomic E-state index is 11.3. The lowest BCUT2D eigenvalue weighted by Gasteiger charge is -2.07. The molecule has 0 unspecified atom stereocenters. The number of rotatable bonds is 6. The Morgan fingerprint density at radius 1 is 1.40 bits per heavy atom. The van der Waals surface area contributed by atoms with E-state index in [9.17, 15) is 4.79 Å². The molecule has 0 aliphatic rings. The van der Waals surface area contributed by atoms with Crippen molar-refractivity contribution in [3.05, 3.63) is 18.5 Å². The van der Waals surface area contributed by atoms with Crippen LogP contribution >= 0.6 is 0 Å². The van der Waals surface area contributed by atoms with Crippen LogP contribution in [0.1, 0.15) is 13.3 Å². The number of anilines is 2. The van der Waals surface area contributed by atoms with Crippen LogP contribution in [-0.4, -0.2) is 43.7 Å². The fourth-order valence-corrected chi connectivity index (χ4v) is 1.52. The van der Waals surface area contributed by atoms with E-state index < -0.39 is 0 Å². The number of aromatic nitrogens is 5. The Kier molecular flexibility index (Phi) is 4.43. The van der Waals surface area contributed by atoms with Gasteiger partial charge in [-0.1, -0.05) is 0 Å². The first-order valence-electron chi connectivity index (χ1n) is 6.21. The number of nitrogens with zero attached hydrogens (tertiary/aromatic N) is 5. The monoisotopic (exact) mass is 276 g/mol. The summed E-state index contributed by atoms with van der Waals surface area (Å²) < 4.78 is 1.48. The Morgan fingerprint density at radius 3 is 2.95 bits per heavy atom. The van der Waals surface area contributed by atoms with E-state index in [0.717, 1.165) is 0 Å². The summed E-state index contributed by atoms with van der Waals surface area (Å²) in [5.74, 6) is 0.690. The molecule has 0 spiro atoms. The molecule has 1 amide bonds. The average Bonchev–Trinajstić information content (AvgIpc) is 2.92. The van der Waals surface area contributed by atoms with Crippen LogP contribution in [0.5, 0.6) is 0 Å². The van der Waals surface area contributed by atoms with E-state index in [1.807, 2.05) is 6.92 Å². The number of hydrogen-bond acceptors (Lipinski definition) is 7. The topological polar surface area (TPSA) is 124 Å². The summed E-state index contributed by atoms with van der Waals surface area (Å²) in [6.07, 6.45) is 3.64. The summed E-state index contributed by atoms with van der Waals surface area (Å²) in [5.41, 5.74) is 5.62. The molecule has 106 valence electrons. The zero-order valence-corrected chi connectivity index (χ0v) is 11.1. The molecule has 2 heterocycles. The van der Waals surface area contributed by atoms with Gasteiger partial charge in [0.1, 0.15) is 0 Å². The molecule has 20 heavy (non-hydrogen) atoms. The number of carbonyl (C=O) groups excluding carboxylic acids is 1. The van der Waals surface area contributed by atoms with Gasteiger partial charge in [-0.2, -0.15) is 20.1 Å². The van der Waals surface area contributed by atoms with Crippen molar-refractivity contribution in [3.63, 3.8) is 0 Å². The van der Waals surface area contributed by atoms with E-state index in [1.54, 1.807) is 18.5 Å². The number of hydrogen-bond donors (Lipinski definition) is 3. The maximum absolute atomic E-state index is 11.3. The molecular weight excluding hydrogens is 260 g/mol. The first-order chi connectivity index (χ1) is 9.69. The van der Waals surface area contributed by atoms with Gasteiger partial charge in [-0.05, 0) is 13.0 Å². The predicted molar refractivity (Wildman–Crippen MR) is 73.2 cm³/mol. The molecule has 2 rings (SSSR count). The molecule has 0 saturated carbocycles. The normalized spacial score (nSPS) is 10.2. The second-order valence-electron chi connectivity index (χ2n) is 3.90. The molecule has 0 atom stereocenters. The van der Waals surface area contributed by atoms with Crippen LogP contribution in [0, 0.1) is 0 Å². The number of carbonyl (C=O) groups is 1. The second kappa shape index (κ2) is 6.45. The van der Waals surface area contributed by atoms with Crippen LogP contribution in [0.3, 0.4) is 0 Å². The van der Waals surface area contributed by atoms with Crippen molar-refractivity contribution in [1.29, 1.82) is 0 Å². The number of nitrogens with two attached hydrogens (primary N) is 1. The summed E-state index contributed by atoms with van der Waals surface area (Å²) in [6, 6.07) is 1.75. The molecule has 0 bridgehead atoms. The molecule has 0 aliphatic carbocycles. The van der Waals surface area contributed by atoms with Gasteiger partial charge in [-0.3, -0.25) is 4.79 Å². The minimum absolute atomic E-state index is 0.0330. The molecule has 2 aromatic heterocycles. The average molecular weight is 276 g/mol. The van der Waals surface area contributed by atoms with Crippen molar-refractivity contribution < 1.29 is 4.79 Å². The highest BCUT2D eigenvalue weighted by Gasteiger charge is 2.07. The zero-order chi connectivity index (χ0) is 14.4. The van der Waals surface area contributed by atoms with Gasteiger partial charge >= 0.3 is 0 Å². The number of nitrogen functional groups attached to an aromatic ring is 1. The van der Waals surface area contributed by atoms with Crippen LogP contribution in [0.15, 0.2) is 18.5 Å². The third kappa shape index (κ3) is 3.64. The quantitative estimate of drug-likeness (QED) is 0.654. The van der Waals surface area contributed by atoms with E-state index in [-0.39, 0.29) is 11.9 Å². The lowest BCUT2D eigenvalue weighted by Crippen LogP contribution is -2.25. The highest BCUT2D eigenvalue weighted by molar-refractivity contribution is 5.76. The van der Waals surface area contributed by atoms with E-state index in [1.165, 1.54) is 4.68 Å². The molecule has 0 radical (unpaired) electrons. The fraction of sp³-hybridized carbons (Fsp3) is 0.364. The maximum Gasteiger partial charge on any atom is 0.257 e. The molecule has 0 fully saturated rings. The minimum Gasteiger partial charge on any atom is -0.368 e. The molecule has 0 aliphatic heterocycles. The Labute approximate surface area is 115 Å². The van der Waals surface area contributed by atoms with Gasteiger partial charge in [0, 0.05) is 31.9 Å². The Bertz CT molecular complexity index is 568. The van der Waals surface area contributed by atoms with Gasteiger partial charge in [-0.15, -0.1) is 0 Å². The molecule has 0 saturated heterocycles. The van der Waals surface area contributed by atoms with Crippen LogP contribution in [0.2, 0.25) is 0 Å². The molecule has 0 aromatic carbocycles. The van der Waals surface area contributed by atoms with Crippen molar-refractivity contribution in [1.82, 2.24) is 30.0 Å². The summed E-state index contributed by atoms with van der Waals surface area (Å²) in [7, 11) is 0. The smallest absolute Gasteiger partial charge is 0.257 e. The van der Waals surface area contributed by atoms with Gasteiger partial charge in [0.25, 0.3) is 5.95 Å². The van der Waals surface area contributed by atoms with Crippen LogP contribution in [0.25, 0.3) is 5.95 Å². The molecule has 4 N–H and O–H groups in total. The minimum atomic E-state index is -0.0330. The van der Waals surface area contributed by atoms with Crippen LogP contribution in [-0.2, 0) is 4.79 Å². The highest BCUT2D eigenvalue weighted by atomic mass is 16.1. The van der Waals surface area contributed by atoms with E-state index in [2.05, 4.69) is 30.7 Å². The lowest BCUT2D eigenvalue weighted by atomic mass is 10.4. The third-order valence-corrected chi connectivity index (χ3v) is 2.36. The van der Waals surface area contributed by atoms with Crippen molar-refractivity contribution >= 4 is 17.8 Å². The molecule has 9 nitrogen and oxygen atoms in total. The van der Waals surface area contributed by atoms with Gasteiger partial charge in [0.05, 0.1) is 0 Å². The van der Waals surface area contributed by atoms with E-state index >= 15 is 0 Å². The summed E-state index contributed by atoms with van der Waals surface area (Å²) >= 11 is 0. The molecular formula is C11H16N8O. The van der Waals surface area contributed by atoms with Crippen molar-refractivity contribution in [2.75, 3.05) is 24.1 Å². The van der Waals surface area contributed by atoms with Gasteiger partial charge in [0.2, 0.25) is 17.8 Å². The number of nitrogens with one attached hydrogen (secondary N) is 2. The summed E-state index contributed by atoms with van der Waals surface area (Å²) in [4.78, 5) is 23.4. The largest absolute Gasteiger partial charge is 0.368 e. The standard InChI is InChI=1S/C11H16N8O/c1-2-13-8(20)4-6-14-10-16-9(12)17-11(18-10)19-7-3-5-15-19/h3,5,7H,2,4,6H2,1H3,(H,13,20)(H3,12,14,16,17,18). The van der Waals surface area contributed by atoms with Gasteiger partial charge in [-0.25, -0.2) is 4.68 Å². The lowest BCUT2D eigenvalue weighted by molar-refractivity contribution is -0.120. The summed E-state index contributed by atoms with van der Waals surface area (Å²) in [5, 5.41) is 9.66. The van der Waals surface area contributed by atoms with Crippen molar-refractivity contribution in [2.45, 2.75) is 13.3 Å². The van der Waals surface area contributed by atoms with Crippen molar-refractivity contribution in [2.24, 2.45) is 0 Å². The van der Waals surface area contributed by atoms with E-state index in [0.29, 0.717) is 31.4 Å². The second-order valence-corrected chi connectivity index (χ2v) is 3.90.